The second kappa shape index (κ2) is 9.99. The third kappa shape index (κ3) is 7.95. The van der Waals surface area contributed by atoms with Crippen LogP contribution in [-0.4, -0.2) is 76.0 Å². The minimum atomic E-state index is -3.59. The summed E-state index contributed by atoms with van der Waals surface area (Å²) in [5, 5.41) is 0. The molecule has 1 N–H and O–H groups in total. The van der Waals surface area contributed by atoms with E-state index in [0.717, 1.165) is 0 Å². The monoisotopic (exact) mass is 413 g/mol. The molecule has 8 nitrogen and oxygen atoms in total. The largest absolute Gasteiger partial charge is 0.459 e. The first kappa shape index (κ1) is 24.1. The number of nitrogens with one attached hydrogen (secondary N) is 1. The SMILES string of the molecule is CCNS(=O)(=O)c1ccc(C(=O)N(CCN(C)C)CC(=O)OC(C)(C)C)cc1. The molecular formula is C19H31N3O5S. The molecule has 0 aliphatic rings. The molecule has 158 valence electrons. The number of carbonyl (C=O) groups is 2. The fourth-order valence-corrected chi connectivity index (χ4v) is 3.38. The maximum Gasteiger partial charge on any atom is 0.326 e. The highest BCUT2D eigenvalue weighted by Crippen LogP contribution is 2.13. The van der Waals surface area contributed by atoms with Crippen molar-refractivity contribution in [2.24, 2.45) is 0 Å². The molecule has 0 atom stereocenters. The predicted octanol–water partition coefficient (Wildman–Crippen LogP) is 1.33. The summed E-state index contributed by atoms with van der Waals surface area (Å²) in [6, 6.07) is 5.65. The zero-order valence-electron chi connectivity index (χ0n) is 17.5. The molecule has 0 spiro atoms. The molecule has 28 heavy (non-hydrogen) atoms. The van der Waals surface area contributed by atoms with Crippen molar-refractivity contribution in [3.8, 4) is 0 Å². The third-order valence-electron chi connectivity index (χ3n) is 3.59. The Kier molecular flexibility index (Phi) is 8.59. The van der Waals surface area contributed by atoms with Gasteiger partial charge in [-0.3, -0.25) is 9.59 Å². The fourth-order valence-electron chi connectivity index (χ4n) is 2.34. The van der Waals surface area contributed by atoms with Crippen molar-refractivity contribution in [1.82, 2.24) is 14.5 Å². The Bertz CT molecular complexity index is 768. The summed E-state index contributed by atoms with van der Waals surface area (Å²) in [5.41, 5.74) is -0.340. The van der Waals surface area contributed by atoms with Crippen LogP contribution in [0.25, 0.3) is 0 Å². The van der Waals surface area contributed by atoms with E-state index < -0.39 is 21.6 Å². The van der Waals surface area contributed by atoms with E-state index in [2.05, 4.69) is 4.72 Å². The Balaban J connectivity index is 3.00. The van der Waals surface area contributed by atoms with Crippen LogP contribution in [0.5, 0.6) is 0 Å². The molecule has 0 aliphatic carbocycles. The van der Waals surface area contributed by atoms with E-state index >= 15 is 0 Å². The minimum Gasteiger partial charge on any atom is -0.459 e. The van der Waals surface area contributed by atoms with Crippen molar-refractivity contribution in [3.63, 3.8) is 0 Å². The first-order chi connectivity index (χ1) is 12.9. The number of carbonyl (C=O) groups excluding carboxylic acids is 2. The van der Waals surface area contributed by atoms with E-state index in [1.807, 2.05) is 19.0 Å². The van der Waals surface area contributed by atoms with Gasteiger partial charge in [0, 0.05) is 25.2 Å². The highest BCUT2D eigenvalue weighted by molar-refractivity contribution is 7.89. The van der Waals surface area contributed by atoms with Crippen LogP contribution >= 0.6 is 0 Å². The van der Waals surface area contributed by atoms with Gasteiger partial charge in [-0.1, -0.05) is 6.92 Å². The second-order valence-corrected chi connectivity index (χ2v) is 9.41. The summed E-state index contributed by atoms with van der Waals surface area (Å²) in [6.45, 7) is 7.98. The van der Waals surface area contributed by atoms with Gasteiger partial charge in [-0.15, -0.1) is 0 Å². The molecule has 1 aromatic carbocycles. The Labute approximate surface area is 167 Å². The van der Waals surface area contributed by atoms with Crippen molar-refractivity contribution in [2.45, 2.75) is 38.2 Å². The molecule has 1 rings (SSSR count). The number of esters is 1. The molecule has 0 radical (unpaired) electrons. The van der Waals surface area contributed by atoms with E-state index in [9.17, 15) is 18.0 Å². The van der Waals surface area contributed by atoms with Crippen molar-refractivity contribution >= 4 is 21.9 Å². The lowest BCUT2D eigenvalue weighted by Crippen LogP contribution is -2.42. The van der Waals surface area contributed by atoms with E-state index in [1.165, 1.54) is 29.2 Å². The number of ether oxygens (including phenoxy) is 1. The summed E-state index contributed by atoms with van der Waals surface area (Å²) in [4.78, 5) is 28.5. The number of sulfonamides is 1. The summed E-state index contributed by atoms with van der Waals surface area (Å²) in [5.74, 6) is -0.856. The van der Waals surface area contributed by atoms with Gasteiger partial charge in [0.25, 0.3) is 5.91 Å². The van der Waals surface area contributed by atoms with Gasteiger partial charge >= 0.3 is 5.97 Å². The number of benzene rings is 1. The van der Waals surface area contributed by atoms with E-state index in [1.54, 1.807) is 27.7 Å². The van der Waals surface area contributed by atoms with Crippen molar-refractivity contribution in [2.75, 3.05) is 40.3 Å². The lowest BCUT2D eigenvalue weighted by molar-refractivity contribution is -0.155. The highest BCUT2D eigenvalue weighted by atomic mass is 32.2. The first-order valence-electron chi connectivity index (χ1n) is 9.11. The van der Waals surface area contributed by atoms with Crippen LogP contribution in [0.4, 0.5) is 0 Å². The standard InChI is InChI=1S/C19H31N3O5S/c1-7-20-28(25,26)16-10-8-15(9-11-16)18(24)22(13-12-21(5)6)14-17(23)27-19(2,3)4/h8-11,20H,7,12-14H2,1-6H3. The molecule has 0 saturated carbocycles. The molecule has 0 saturated heterocycles. The van der Waals surface area contributed by atoms with Gasteiger partial charge in [-0.2, -0.15) is 0 Å². The molecule has 0 heterocycles. The van der Waals surface area contributed by atoms with Crippen LogP contribution in [0.15, 0.2) is 29.2 Å². The Morgan fingerprint density at radius 3 is 2.11 bits per heavy atom. The maximum atomic E-state index is 12.9. The molecule has 1 amide bonds. The predicted molar refractivity (Wildman–Crippen MR) is 108 cm³/mol. The second-order valence-electron chi connectivity index (χ2n) is 7.64. The number of amides is 1. The maximum absolute atomic E-state index is 12.9. The summed E-state index contributed by atoms with van der Waals surface area (Å²) in [6.07, 6.45) is 0. The Morgan fingerprint density at radius 1 is 1.07 bits per heavy atom. The van der Waals surface area contributed by atoms with E-state index in [-0.39, 0.29) is 23.9 Å². The van der Waals surface area contributed by atoms with Crippen molar-refractivity contribution in [1.29, 1.82) is 0 Å². The quantitative estimate of drug-likeness (QED) is 0.614. The first-order valence-corrected chi connectivity index (χ1v) is 10.6. The van der Waals surface area contributed by atoms with Crippen LogP contribution in [-0.2, 0) is 19.6 Å². The Morgan fingerprint density at radius 2 is 1.64 bits per heavy atom. The van der Waals surface area contributed by atoms with E-state index in [4.69, 9.17) is 4.74 Å². The van der Waals surface area contributed by atoms with Gasteiger partial charge in [-0.25, -0.2) is 13.1 Å². The fraction of sp³-hybridized carbons (Fsp3) is 0.579. The van der Waals surface area contributed by atoms with Crippen LogP contribution in [0.2, 0.25) is 0 Å². The molecule has 9 heteroatoms. The zero-order valence-corrected chi connectivity index (χ0v) is 18.3. The summed E-state index contributed by atoms with van der Waals surface area (Å²) in [7, 11) is 0.154. The summed E-state index contributed by atoms with van der Waals surface area (Å²) < 4.78 is 31.8. The van der Waals surface area contributed by atoms with Crippen LogP contribution in [0.1, 0.15) is 38.1 Å². The Hall–Kier alpha value is -1.97. The molecule has 0 fully saturated rings. The average molecular weight is 414 g/mol. The van der Waals surface area contributed by atoms with Gasteiger partial charge < -0.3 is 14.5 Å². The van der Waals surface area contributed by atoms with E-state index in [0.29, 0.717) is 18.7 Å². The van der Waals surface area contributed by atoms with Crippen LogP contribution < -0.4 is 4.72 Å². The molecule has 0 bridgehead atoms. The summed E-state index contributed by atoms with van der Waals surface area (Å²) >= 11 is 0. The van der Waals surface area contributed by atoms with Crippen LogP contribution in [0, 0.1) is 0 Å². The molecule has 1 aromatic rings. The lowest BCUT2D eigenvalue weighted by Gasteiger charge is -2.26. The smallest absolute Gasteiger partial charge is 0.326 e. The topological polar surface area (TPSA) is 96.0 Å². The van der Waals surface area contributed by atoms with Crippen molar-refractivity contribution < 1.29 is 22.7 Å². The number of hydrogen-bond donors (Lipinski definition) is 1. The molecule has 0 aromatic heterocycles. The highest BCUT2D eigenvalue weighted by Gasteiger charge is 2.23. The average Bonchev–Trinajstić information content (AvgIpc) is 2.56. The normalized spacial score (nSPS) is 12.1. The number of likely N-dealkylation sites (N-methyl/N-ethyl adjacent to an activating group) is 1. The van der Waals surface area contributed by atoms with Crippen LogP contribution in [0.3, 0.4) is 0 Å². The van der Waals surface area contributed by atoms with Gasteiger partial charge in [0.05, 0.1) is 4.90 Å². The number of hydrogen-bond acceptors (Lipinski definition) is 6. The van der Waals surface area contributed by atoms with Gasteiger partial charge in [0.2, 0.25) is 10.0 Å². The zero-order chi connectivity index (χ0) is 21.5. The lowest BCUT2D eigenvalue weighted by atomic mass is 10.2. The molecular weight excluding hydrogens is 382 g/mol. The van der Waals surface area contributed by atoms with Crippen molar-refractivity contribution in [3.05, 3.63) is 29.8 Å². The molecule has 0 aliphatic heterocycles. The molecule has 0 unspecified atom stereocenters. The third-order valence-corrected chi connectivity index (χ3v) is 5.15. The van der Waals surface area contributed by atoms with Gasteiger partial charge in [-0.05, 0) is 59.1 Å². The minimum absolute atomic E-state index is 0.0814. The van der Waals surface area contributed by atoms with Gasteiger partial charge in [0.1, 0.15) is 12.1 Å². The van der Waals surface area contributed by atoms with Gasteiger partial charge in [0.15, 0.2) is 0 Å². The number of nitrogens with zero attached hydrogens (tertiary/aromatic N) is 2. The number of rotatable bonds is 9.